The maximum Gasteiger partial charge on any atom is 0.0602 e. The van der Waals surface area contributed by atoms with E-state index in [9.17, 15) is 0 Å². The summed E-state index contributed by atoms with van der Waals surface area (Å²) < 4.78 is 2.15. The molecule has 80 valence electrons. The van der Waals surface area contributed by atoms with E-state index >= 15 is 0 Å². The standard InChI is InChI=1S/C11H12Br2N2/c1-6(14)2-7-5-15-11-9(7)3-8(12)4-10(11)13/h3-6,15H,2,14H2,1H3. The van der Waals surface area contributed by atoms with E-state index in [4.69, 9.17) is 5.73 Å². The Labute approximate surface area is 105 Å². The molecule has 0 radical (unpaired) electrons. The fourth-order valence-corrected chi connectivity index (χ4v) is 3.07. The Hall–Kier alpha value is -0.320. The van der Waals surface area contributed by atoms with Gasteiger partial charge in [0.15, 0.2) is 0 Å². The quantitative estimate of drug-likeness (QED) is 0.867. The predicted molar refractivity (Wildman–Crippen MR) is 71.1 cm³/mol. The van der Waals surface area contributed by atoms with Crippen LogP contribution in [0.5, 0.6) is 0 Å². The molecule has 0 saturated heterocycles. The second kappa shape index (κ2) is 4.28. The average molecular weight is 332 g/mol. The zero-order valence-corrected chi connectivity index (χ0v) is 11.5. The van der Waals surface area contributed by atoms with Crippen molar-refractivity contribution in [3.8, 4) is 0 Å². The van der Waals surface area contributed by atoms with Crippen LogP contribution in [0.15, 0.2) is 27.3 Å². The number of benzene rings is 1. The molecule has 0 saturated carbocycles. The van der Waals surface area contributed by atoms with E-state index in [1.54, 1.807) is 0 Å². The van der Waals surface area contributed by atoms with E-state index in [1.807, 2.05) is 19.2 Å². The third kappa shape index (κ3) is 2.27. The maximum atomic E-state index is 5.81. The van der Waals surface area contributed by atoms with Gasteiger partial charge in [-0.2, -0.15) is 0 Å². The zero-order valence-electron chi connectivity index (χ0n) is 8.35. The SMILES string of the molecule is CC(N)Cc1c[nH]c2c(Br)cc(Br)cc12. The molecule has 0 spiro atoms. The zero-order chi connectivity index (χ0) is 11.0. The van der Waals surface area contributed by atoms with Gasteiger partial charge < -0.3 is 10.7 Å². The highest BCUT2D eigenvalue weighted by molar-refractivity contribution is 9.11. The smallest absolute Gasteiger partial charge is 0.0602 e. The van der Waals surface area contributed by atoms with Crippen LogP contribution in [0.25, 0.3) is 10.9 Å². The molecule has 0 bridgehead atoms. The minimum Gasteiger partial charge on any atom is -0.360 e. The van der Waals surface area contributed by atoms with Crippen molar-refractivity contribution >= 4 is 42.8 Å². The topological polar surface area (TPSA) is 41.8 Å². The monoisotopic (exact) mass is 330 g/mol. The summed E-state index contributed by atoms with van der Waals surface area (Å²) in [5, 5.41) is 1.23. The van der Waals surface area contributed by atoms with Crippen LogP contribution in [0.4, 0.5) is 0 Å². The minimum absolute atomic E-state index is 0.182. The van der Waals surface area contributed by atoms with Gasteiger partial charge >= 0.3 is 0 Å². The molecular weight excluding hydrogens is 320 g/mol. The number of hydrogen-bond donors (Lipinski definition) is 2. The molecule has 1 atom stereocenters. The van der Waals surface area contributed by atoms with Gasteiger partial charge in [0.1, 0.15) is 0 Å². The number of aromatic amines is 1. The summed E-state index contributed by atoms with van der Waals surface area (Å²) in [5.74, 6) is 0. The molecule has 0 aliphatic heterocycles. The molecule has 0 amide bonds. The van der Waals surface area contributed by atoms with E-state index in [1.165, 1.54) is 10.9 Å². The van der Waals surface area contributed by atoms with Crippen LogP contribution in [-0.4, -0.2) is 11.0 Å². The molecule has 2 rings (SSSR count). The van der Waals surface area contributed by atoms with Gasteiger partial charge in [0.05, 0.1) is 5.52 Å². The molecule has 1 unspecified atom stereocenters. The molecule has 1 aromatic carbocycles. The molecule has 0 aliphatic rings. The first-order valence-corrected chi connectivity index (χ1v) is 6.37. The average Bonchev–Trinajstić information content (AvgIpc) is 2.48. The number of halogens is 2. The van der Waals surface area contributed by atoms with Crippen LogP contribution in [0.3, 0.4) is 0 Å². The normalized spacial score (nSPS) is 13.3. The summed E-state index contributed by atoms with van der Waals surface area (Å²) in [6.07, 6.45) is 2.92. The second-order valence-electron chi connectivity index (χ2n) is 3.81. The minimum atomic E-state index is 0.182. The van der Waals surface area contributed by atoms with Crippen molar-refractivity contribution in [2.24, 2.45) is 5.73 Å². The molecule has 4 heteroatoms. The van der Waals surface area contributed by atoms with E-state index in [0.717, 1.165) is 20.9 Å². The summed E-state index contributed by atoms with van der Waals surface area (Å²) in [4.78, 5) is 3.27. The van der Waals surface area contributed by atoms with Crippen molar-refractivity contribution in [3.63, 3.8) is 0 Å². The first-order valence-electron chi connectivity index (χ1n) is 4.78. The van der Waals surface area contributed by atoms with Crippen LogP contribution < -0.4 is 5.73 Å². The van der Waals surface area contributed by atoms with Gasteiger partial charge in [-0.05, 0) is 47.0 Å². The summed E-state index contributed by atoms with van der Waals surface area (Å²) in [5.41, 5.74) is 8.21. The van der Waals surface area contributed by atoms with Gasteiger partial charge in [-0.3, -0.25) is 0 Å². The number of H-pyrrole nitrogens is 1. The molecule has 2 nitrogen and oxygen atoms in total. The summed E-state index contributed by atoms with van der Waals surface area (Å²) in [7, 11) is 0. The Morgan fingerprint density at radius 3 is 2.80 bits per heavy atom. The van der Waals surface area contributed by atoms with Gasteiger partial charge in [0.2, 0.25) is 0 Å². The molecule has 15 heavy (non-hydrogen) atoms. The van der Waals surface area contributed by atoms with E-state index < -0.39 is 0 Å². The Kier molecular flexibility index (Phi) is 3.19. The van der Waals surface area contributed by atoms with Crippen LogP contribution in [0.1, 0.15) is 12.5 Å². The number of nitrogens with one attached hydrogen (secondary N) is 1. The van der Waals surface area contributed by atoms with E-state index in [-0.39, 0.29) is 6.04 Å². The lowest BCUT2D eigenvalue weighted by atomic mass is 10.1. The largest absolute Gasteiger partial charge is 0.360 e. The van der Waals surface area contributed by atoms with Crippen molar-refractivity contribution in [3.05, 3.63) is 32.8 Å². The van der Waals surface area contributed by atoms with Crippen molar-refractivity contribution in [1.29, 1.82) is 0 Å². The fourth-order valence-electron chi connectivity index (χ4n) is 1.73. The molecule has 0 fully saturated rings. The third-order valence-electron chi connectivity index (χ3n) is 2.33. The van der Waals surface area contributed by atoms with Crippen molar-refractivity contribution in [2.75, 3.05) is 0 Å². The lowest BCUT2D eigenvalue weighted by molar-refractivity contribution is 0.741. The highest BCUT2D eigenvalue weighted by Gasteiger charge is 2.08. The number of hydrogen-bond acceptors (Lipinski definition) is 1. The number of rotatable bonds is 2. The van der Waals surface area contributed by atoms with Gasteiger partial charge in [-0.25, -0.2) is 0 Å². The van der Waals surface area contributed by atoms with Gasteiger partial charge in [0.25, 0.3) is 0 Å². The van der Waals surface area contributed by atoms with E-state index in [0.29, 0.717) is 0 Å². The Morgan fingerprint density at radius 2 is 2.13 bits per heavy atom. The molecule has 2 aromatic rings. The van der Waals surface area contributed by atoms with Crippen molar-refractivity contribution in [2.45, 2.75) is 19.4 Å². The predicted octanol–water partition coefficient (Wildman–Crippen LogP) is 3.58. The second-order valence-corrected chi connectivity index (χ2v) is 5.58. The maximum absolute atomic E-state index is 5.81. The molecule has 1 aromatic heterocycles. The van der Waals surface area contributed by atoms with Crippen LogP contribution in [0, 0.1) is 0 Å². The Balaban J connectivity index is 2.58. The summed E-state index contributed by atoms with van der Waals surface area (Å²) >= 11 is 7.03. The van der Waals surface area contributed by atoms with Crippen molar-refractivity contribution < 1.29 is 0 Å². The number of fused-ring (bicyclic) bond motifs is 1. The van der Waals surface area contributed by atoms with Gasteiger partial charge in [0, 0.05) is 26.6 Å². The van der Waals surface area contributed by atoms with Crippen LogP contribution in [0.2, 0.25) is 0 Å². The highest BCUT2D eigenvalue weighted by atomic mass is 79.9. The van der Waals surface area contributed by atoms with Crippen LogP contribution >= 0.6 is 31.9 Å². The van der Waals surface area contributed by atoms with Crippen LogP contribution in [-0.2, 0) is 6.42 Å². The third-order valence-corrected chi connectivity index (χ3v) is 3.42. The van der Waals surface area contributed by atoms with E-state index in [2.05, 4.69) is 42.9 Å². The summed E-state index contributed by atoms with van der Waals surface area (Å²) in [6.45, 7) is 2.02. The number of aromatic nitrogens is 1. The van der Waals surface area contributed by atoms with Gasteiger partial charge in [-0.15, -0.1) is 0 Å². The lowest BCUT2D eigenvalue weighted by Crippen LogP contribution is -2.17. The Bertz CT molecular complexity index is 489. The molecular formula is C11H12Br2N2. The van der Waals surface area contributed by atoms with Gasteiger partial charge in [-0.1, -0.05) is 15.9 Å². The molecule has 0 aliphatic carbocycles. The summed E-state index contributed by atoms with van der Waals surface area (Å²) in [6, 6.07) is 4.34. The van der Waals surface area contributed by atoms with Crippen molar-refractivity contribution in [1.82, 2.24) is 4.98 Å². The first-order chi connectivity index (χ1) is 7.08. The number of nitrogens with two attached hydrogens (primary N) is 1. The fraction of sp³-hybridized carbons (Fsp3) is 0.273. The lowest BCUT2D eigenvalue weighted by Gasteiger charge is -2.03. The highest BCUT2D eigenvalue weighted by Crippen LogP contribution is 2.30. The molecule has 1 heterocycles. The first kappa shape index (κ1) is 11.2. The Morgan fingerprint density at radius 1 is 1.40 bits per heavy atom. The molecule has 3 N–H and O–H groups in total.